The van der Waals surface area contributed by atoms with Gasteiger partial charge in [-0.1, -0.05) is 0 Å². The van der Waals surface area contributed by atoms with Gasteiger partial charge in [0.1, 0.15) is 30.1 Å². The second-order valence-corrected chi connectivity index (χ2v) is 6.64. The number of nitrogens with one attached hydrogen (secondary N) is 1. The molecule has 8 nitrogen and oxygen atoms in total. The van der Waals surface area contributed by atoms with Gasteiger partial charge in [0.25, 0.3) is 0 Å². The summed E-state index contributed by atoms with van der Waals surface area (Å²) in [5.74, 6) is 3.18. The Morgan fingerprint density at radius 3 is 3.04 bits per heavy atom. The highest BCUT2D eigenvalue weighted by atomic mass is 16.3. The van der Waals surface area contributed by atoms with Crippen molar-refractivity contribution in [3.05, 3.63) is 24.5 Å². The molecule has 0 aromatic carbocycles. The first kappa shape index (κ1) is 15.3. The minimum atomic E-state index is 0.245. The van der Waals surface area contributed by atoms with Gasteiger partial charge in [0.05, 0.1) is 6.54 Å². The van der Waals surface area contributed by atoms with Crippen molar-refractivity contribution >= 4 is 11.6 Å². The molecule has 128 valence electrons. The van der Waals surface area contributed by atoms with Crippen LogP contribution in [0.1, 0.15) is 25.1 Å². The predicted molar refractivity (Wildman–Crippen MR) is 89.8 cm³/mol. The van der Waals surface area contributed by atoms with Gasteiger partial charge in [0.15, 0.2) is 0 Å². The lowest BCUT2D eigenvalue weighted by molar-refractivity contribution is 0.208. The summed E-state index contributed by atoms with van der Waals surface area (Å²) >= 11 is 0. The maximum atomic E-state index is 9.40. The van der Waals surface area contributed by atoms with Crippen molar-refractivity contribution < 1.29 is 5.11 Å². The average Bonchev–Trinajstić information content (AvgIpc) is 3.10. The van der Waals surface area contributed by atoms with Crippen molar-refractivity contribution in [2.24, 2.45) is 5.92 Å². The third-order valence-electron chi connectivity index (χ3n) is 4.91. The minimum Gasteiger partial charge on any atom is -0.396 e. The highest BCUT2D eigenvalue weighted by Gasteiger charge is 2.22. The highest BCUT2D eigenvalue weighted by Crippen LogP contribution is 2.23. The van der Waals surface area contributed by atoms with Crippen molar-refractivity contribution in [2.45, 2.75) is 38.3 Å². The Balaban J connectivity index is 1.43. The monoisotopic (exact) mass is 329 g/mol. The normalized spacial score (nSPS) is 23.8. The molecule has 4 rings (SSSR count). The van der Waals surface area contributed by atoms with Gasteiger partial charge in [0.2, 0.25) is 0 Å². The maximum Gasteiger partial charge on any atom is 0.138 e. The van der Waals surface area contributed by atoms with E-state index in [0.717, 1.165) is 62.8 Å². The molecule has 2 unspecified atom stereocenters. The Hall–Kier alpha value is -2.22. The molecule has 8 heteroatoms. The van der Waals surface area contributed by atoms with Crippen LogP contribution in [-0.2, 0) is 13.0 Å². The van der Waals surface area contributed by atoms with Crippen molar-refractivity contribution in [2.75, 3.05) is 29.9 Å². The third-order valence-corrected chi connectivity index (χ3v) is 4.91. The number of aryl methyl sites for hydroxylation is 1. The maximum absolute atomic E-state index is 9.40. The molecule has 1 saturated heterocycles. The van der Waals surface area contributed by atoms with E-state index < -0.39 is 0 Å². The number of anilines is 2. The molecule has 4 heterocycles. The summed E-state index contributed by atoms with van der Waals surface area (Å²) in [5.41, 5.74) is 0. The van der Waals surface area contributed by atoms with Crippen LogP contribution in [0.15, 0.2) is 18.7 Å². The number of aliphatic hydroxyl groups excluding tert-OH is 1. The van der Waals surface area contributed by atoms with Crippen LogP contribution >= 0.6 is 0 Å². The molecule has 1 fully saturated rings. The molecule has 2 aromatic rings. The molecule has 2 aliphatic rings. The second kappa shape index (κ2) is 6.72. The zero-order valence-electron chi connectivity index (χ0n) is 13.7. The predicted octanol–water partition coefficient (Wildman–Crippen LogP) is 0.704. The van der Waals surface area contributed by atoms with Crippen LogP contribution in [0.3, 0.4) is 0 Å². The van der Waals surface area contributed by atoms with Crippen LogP contribution in [0.2, 0.25) is 0 Å². The van der Waals surface area contributed by atoms with Gasteiger partial charge in [0, 0.05) is 38.2 Å². The van der Waals surface area contributed by atoms with E-state index in [1.54, 1.807) is 12.7 Å². The van der Waals surface area contributed by atoms with E-state index in [-0.39, 0.29) is 6.61 Å². The number of rotatable bonds is 4. The van der Waals surface area contributed by atoms with Crippen LogP contribution in [0.25, 0.3) is 0 Å². The highest BCUT2D eigenvalue weighted by molar-refractivity contribution is 5.49. The SMILES string of the molecule is OCC1CCCN(c2cc(NC3CCc4ncnn4C3)ncn2)C1. The van der Waals surface area contributed by atoms with Crippen molar-refractivity contribution in [3.8, 4) is 0 Å². The van der Waals surface area contributed by atoms with Gasteiger partial charge in [-0.15, -0.1) is 0 Å². The fraction of sp³-hybridized carbons (Fsp3) is 0.625. The van der Waals surface area contributed by atoms with Gasteiger partial charge >= 0.3 is 0 Å². The van der Waals surface area contributed by atoms with E-state index in [1.165, 1.54) is 0 Å². The van der Waals surface area contributed by atoms with E-state index >= 15 is 0 Å². The van der Waals surface area contributed by atoms with Crippen LogP contribution in [0.4, 0.5) is 11.6 Å². The molecule has 0 radical (unpaired) electrons. The minimum absolute atomic E-state index is 0.245. The molecular formula is C16H23N7O. The van der Waals surface area contributed by atoms with Gasteiger partial charge in [-0.2, -0.15) is 5.10 Å². The largest absolute Gasteiger partial charge is 0.396 e. The molecular weight excluding hydrogens is 306 g/mol. The summed E-state index contributed by atoms with van der Waals surface area (Å²) in [5, 5.41) is 17.2. The number of piperidine rings is 1. The summed E-state index contributed by atoms with van der Waals surface area (Å²) < 4.78 is 1.96. The Labute approximate surface area is 140 Å². The van der Waals surface area contributed by atoms with Gasteiger partial charge in [-0.3, -0.25) is 0 Å². The lowest BCUT2D eigenvalue weighted by atomic mass is 9.99. The number of hydrogen-bond acceptors (Lipinski definition) is 7. The first-order valence-electron chi connectivity index (χ1n) is 8.63. The number of fused-ring (bicyclic) bond motifs is 1. The number of aliphatic hydroxyl groups is 1. The zero-order chi connectivity index (χ0) is 16.4. The number of nitrogens with zero attached hydrogens (tertiary/aromatic N) is 6. The van der Waals surface area contributed by atoms with E-state index in [9.17, 15) is 5.11 Å². The quantitative estimate of drug-likeness (QED) is 0.853. The summed E-state index contributed by atoms with van der Waals surface area (Å²) in [7, 11) is 0. The Bertz CT molecular complexity index is 689. The van der Waals surface area contributed by atoms with Gasteiger partial charge < -0.3 is 15.3 Å². The molecule has 0 bridgehead atoms. The Morgan fingerprint density at radius 2 is 2.12 bits per heavy atom. The van der Waals surface area contributed by atoms with E-state index in [2.05, 4.69) is 30.3 Å². The standard InChI is InChI=1S/C16H23N7O/c24-9-12-2-1-5-22(7-12)16-6-14(17-10-18-16)21-13-3-4-15-19-11-20-23(15)8-13/h6,10-13,24H,1-5,7-9H2,(H,17,18,21). The first-order valence-corrected chi connectivity index (χ1v) is 8.63. The molecule has 0 aliphatic carbocycles. The molecule has 24 heavy (non-hydrogen) atoms. The lowest BCUT2D eigenvalue weighted by Gasteiger charge is -2.33. The number of hydrogen-bond donors (Lipinski definition) is 2. The molecule has 2 atom stereocenters. The lowest BCUT2D eigenvalue weighted by Crippen LogP contribution is -2.37. The van der Waals surface area contributed by atoms with Crippen LogP contribution < -0.4 is 10.2 Å². The summed E-state index contributed by atoms with van der Waals surface area (Å²) in [6.07, 6.45) is 7.37. The summed E-state index contributed by atoms with van der Waals surface area (Å²) in [4.78, 5) is 15.3. The van der Waals surface area contributed by atoms with Gasteiger partial charge in [-0.25, -0.2) is 19.6 Å². The second-order valence-electron chi connectivity index (χ2n) is 6.64. The smallest absolute Gasteiger partial charge is 0.138 e. The fourth-order valence-corrected chi connectivity index (χ4v) is 3.59. The van der Waals surface area contributed by atoms with Gasteiger partial charge in [-0.05, 0) is 25.2 Å². The average molecular weight is 329 g/mol. The molecule has 0 saturated carbocycles. The van der Waals surface area contributed by atoms with Crippen LogP contribution in [-0.4, -0.2) is 55.6 Å². The Morgan fingerprint density at radius 1 is 1.17 bits per heavy atom. The summed E-state index contributed by atoms with van der Waals surface area (Å²) in [6, 6.07) is 2.31. The van der Waals surface area contributed by atoms with Crippen molar-refractivity contribution in [3.63, 3.8) is 0 Å². The Kier molecular flexibility index (Phi) is 4.29. The van der Waals surface area contributed by atoms with E-state index in [0.29, 0.717) is 12.0 Å². The molecule has 2 aromatic heterocycles. The van der Waals surface area contributed by atoms with Crippen LogP contribution in [0, 0.1) is 5.92 Å². The first-order chi connectivity index (χ1) is 11.8. The van der Waals surface area contributed by atoms with E-state index in [1.807, 2.05) is 10.7 Å². The molecule has 0 spiro atoms. The third kappa shape index (κ3) is 3.19. The topological polar surface area (TPSA) is 92.0 Å². The molecule has 2 aliphatic heterocycles. The van der Waals surface area contributed by atoms with Crippen LogP contribution in [0.5, 0.6) is 0 Å². The number of aromatic nitrogens is 5. The fourth-order valence-electron chi connectivity index (χ4n) is 3.59. The van der Waals surface area contributed by atoms with E-state index in [4.69, 9.17) is 0 Å². The van der Waals surface area contributed by atoms with Crippen molar-refractivity contribution in [1.29, 1.82) is 0 Å². The summed E-state index contributed by atoms with van der Waals surface area (Å²) in [6.45, 7) is 2.90. The van der Waals surface area contributed by atoms with Crippen molar-refractivity contribution in [1.82, 2.24) is 24.7 Å². The molecule has 2 N–H and O–H groups in total. The molecule has 0 amide bonds. The zero-order valence-corrected chi connectivity index (χ0v) is 13.7.